The van der Waals surface area contributed by atoms with E-state index in [2.05, 4.69) is 20.7 Å². The van der Waals surface area contributed by atoms with Crippen LogP contribution in [0.4, 0.5) is 0 Å². The van der Waals surface area contributed by atoms with Crippen molar-refractivity contribution in [2.24, 2.45) is 5.10 Å². The number of furan rings is 1. The molecule has 2 aromatic heterocycles. The summed E-state index contributed by atoms with van der Waals surface area (Å²) in [6.07, 6.45) is 5.00. The molecule has 9 heteroatoms. The van der Waals surface area contributed by atoms with E-state index in [-0.39, 0.29) is 11.7 Å². The van der Waals surface area contributed by atoms with Crippen molar-refractivity contribution < 1.29 is 13.9 Å². The van der Waals surface area contributed by atoms with Crippen LogP contribution in [0.2, 0.25) is 0 Å². The van der Waals surface area contributed by atoms with E-state index >= 15 is 0 Å². The van der Waals surface area contributed by atoms with Gasteiger partial charge in [-0.25, -0.2) is 5.43 Å². The highest BCUT2D eigenvalue weighted by molar-refractivity contribution is 7.99. The number of nitrogens with zero attached hydrogens (tertiary/aromatic N) is 4. The molecule has 35 heavy (non-hydrogen) atoms. The lowest BCUT2D eigenvalue weighted by molar-refractivity contribution is -0.118. The number of ether oxygens (including phenoxy) is 1. The number of hydrogen-bond acceptors (Lipinski definition) is 7. The summed E-state index contributed by atoms with van der Waals surface area (Å²) in [7, 11) is 0. The number of carbonyl (C=O) groups is 1. The maximum absolute atomic E-state index is 12.4. The highest BCUT2D eigenvalue weighted by atomic mass is 32.2. The molecular weight excluding hydrogens is 462 g/mol. The fourth-order valence-corrected chi connectivity index (χ4v) is 3.98. The Hall–Kier alpha value is -4.11. The van der Waals surface area contributed by atoms with Crippen LogP contribution in [0.3, 0.4) is 0 Å². The normalized spacial score (nSPS) is 11.7. The maximum Gasteiger partial charge on any atom is 0.250 e. The van der Waals surface area contributed by atoms with E-state index in [1.54, 1.807) is 12.5 Å². The summed E-state index contributed by atoms with van der Waals surface area (Å²) in [4.78, 5) is 12.4. The highest BCUT2D eigenvalue weighted by Gasteiger charge is 2.17. The van der Waals surface area contributed by atoms with Crippen molar-refractivity contribution in [2.45, 2.75) is 19.0 Å². The standard InChI is InChI=1S/C26H25N5O3S/c1-3-33-22-13-11-21(12-14-22)31-25(20-8-5-4-6-9-20)29-30-26(31)35-18-24(32)28-27-17-19(2)16-23-10-7-15-34-23/h4-17H,3,18H2,1-2H3,(H,28,32)/b19-16-,27-17?. The average molecular weight is 488 g/mol. The molecule has 4 aromatic rings. The Balaban J connectivity index is 1.47. The fourth-order valence-electron chi connectivity index (χ4n) is 3.23. The van der Waals surface area contributed by atoms with E-state index in [4.69, 9.17) is 9.15 Å². The second-order valence-corrected chi connectivity index (χ2v) is 8.36. The SMILES string of the molecule is CCOc1ccc(-n2c(SCC(=O)NN=C/C(C)=C\c3ccco3)nnc2-c2ccccc2)cc1. The molecule has 0 saturated heterocycles. The topological polar surface area (TPSA) is 94.5 Å². The van der Waals surface area contributed by atoms with Gasteiger partial charge in [-0.05, 0) is 61.9 Å². The van der Waals surface area contributed by atoms with Crippen LogP contribution in [-0.2, 0) is 4.79 Å². The van der Waals surface area contributed by atoms with Crippen LogP contribution in [0, 0.1) is 0 Å². The minimum Gasteiger partial charge on any atom is -0.494 e. The van der Waals surface area contributed by atoms with E-state index in [1.165, 1.54) is 11.8 Å². The summed E-state index contributed by atoms with van der Waals surface area (Å²) in [5, 5.41) is 13.4. The van der Waals surface area contributed by atoms with Gasteiger partial charge in [0.1, 0.15) is 11.5 Å². The van der Waals surface area contributed by atoms with Crippen LogP contribution in [0.5, 0.6) is 5.75 Å². The zero-order valence-electron chi connectivity index (χ0n) is 19.4. The molecule has 1 N–H and O–H groups in total. The fraction of sp³-hybridized carbons (Fsp3) is 0.154. The van der Waals surface area contributed by atoms with Gasteiger partial charge in [-0.2, -0.15) is 5.10 Å². The molecule has 4 rings (SSSR count). The quantitative estimate of drug-likeness (QED) is 0.187. The zero-order chi connectivity index (χ0) is 24.5. The van der Waals surface area contributed by atoms with Crippen LogP contribution in [0.1, 0.15) is 19.6 Å². The predicted molar refractivity (Wildman–Crippen MR) is 138 cm³/mol. The second-order valence-electron chi connectivity index (χ2n) is 7.42. The molecule has 0 spiro atoms. The molecule has 0 saturated carbocycles. The monoisotopic (exact) mass is 487 g/mol. The molecule has 2 aromatic carbocycles. The number of hydrogen-bond donors (Lipinski definition) is 1. The summed E-state index contributed by atoms with van der Waals surface area (Å²) < 4.78 is 12.8. The minimum absolute atomic E-state index is 0.127. The van der Waals surface area contributed by atoms with Gasteiger partial charge in [0.15, 0.2) is 11.0 Å². The lowest BCUT2D eigenvalue weighted by atomic mass is 10.2. The van der Waals surface area contributed by atoms with Gasteiger partial charge in [-0.3, -0.25) is 9.36 Å². The lowest BCUT2D eigenvalue weighted by Crippen LogP contribution is -2.20. The molecule has 2 heterocycles. The first kappa shape index (κ1) is 24.0. The summed E-state index contributed by atoms with van der Waals surface area (Å²) in [6.45, 7) is 4.41. The third-order valence-corrected chi connectivity index (χ3v) is 5.70. The third-order valence-electron chi connectivity index (χ3n) is 4.77. The van der Waals surface area contributed by atoms with E-state index in [0.29, 0.717) is 17.6 Å². The molecule has 0 aliphatic heterocycles. The molecule has 0 unspecified atom stereocenters. The van der Waals surface area contributed by atoms with E-state index in [1.807, 2.05) is 91.2 Å². The van der Waals surface area contributed by atoms with Gasteiger partial charge in [0.05, 0.1) is 24.8 Å². The van der Waals surface area contributed by atoms with Gasteiger partial charge in [-0.15, -0.1) is 10.2 Å². The number of nitrogens with one attached hydrogen (secondary N) is 1. The van der Waals surface area contributed by atoms with Gasteiger partial charge < -0.3 is 9.15 Å². The van der Waals surface area contributed by atoms with Crippen molar-refractivity contribution in [3.05, 3.63) is 84.3 Å². The molecule has 0 radical (unpaired) electrons. The number of thioether (sulfide) groups is 1. The van der Waals surface area contributed by atoms with Gasteiger partial charge >= 0.3 is 0 Å². The van der Waals surface area contributed by atoms with Gasteiger partial charge in [0.25, 0.3) is 5.91 Å². The zero-order valence-corrected chi connectivity index (χ0v) is 20.2. The maximum atomic E-state index is 12.4. The number of amides is 1. The second kappa shape index (κ2) is 11.8. The summed E-state index contributed by atoms with van der Waals surface area (Å²) in [6, 6.07) is 21.2. The summed E-state index contributed by atoms with van der Waals surface area (Å²) in [5.74, 6) is 2.07. The average Bonchev–Trinajstić information content (AvgIpc) is 3.54. The molecule has 0 aliphatic rings. The van der Waals surface area contributed by atoms with Gasteiger partial charge in [0.2, 0.25) is 0 Å². The highest BCUT2D eigenvalue weighted by Crippen LogP contribution is 2.28. The van der Waals surface area contributed by atoms with Crippen LogP contribution < -0.4 is 10.2 Å². The van der Waals surface area contributed by atoms with Crippen molar-refractivity contribution in [3.63, 3.8) is 0 Å². The van der Waals surface area contributed by atoms with Crippen LogP contribution >= 0.6 is 11.8 Å². The van der Waals surface area contributed by atoms with Crippen molar-refractivity contribution in [1.29, 1.82) is 0 Å². The Bertz CT molecular complexity index is 1300. The van der Waals surface area contributed by atoms with Crippen molar-refractivity contribution >= 4 is 30.0 Å². The number of hydrazone groups is 1. The summed E-state index contributed by atoms with van der Waals surface area (Å²) >= 11 is 1.29. The predicted octanol–water partition coefficient (Wildman–Crippen LogP) is 5.22. The first-order chi connectivity index (χ1) is 17.1. The van der Waals surface area contributed by atoms with E-state index in [9.17, 15) is 4.79 Å². The Morgan fingerprint density at radius 3 is 2.63 bits per heavy atom. The third kappa shape index (κ3) is 6.48. The molecule has 0 bridgehead atoms. The molecular formula is C26H25N5O3S. The Kier molecular flexibility index (Phi) is 8.13. The number of benzene rings is 2. The van der Waals surface area contributed by atoms with Gasteiger partial charge in [-0.1, -0.05) is 42.1 Å². The minimum atomic E-state index is -0.250. The van der Waals surface area contributed by atoms with Crippen LogP contribution in [-0.4, -0.2) is 39.2 Å². The molecule has 0 fully saturated rings. The molecule has 0 aliphatic carbocycles. The van der Waals surface area contributed by atoms with Crippen molar-refractivity contribution in [3.8, 4) is 22.8 Å². The molecule has 178 valence electrons. The number of allylic oxidation sites excluding steroid dienone is 1. The van der Waals surface area contributed by atoms with E-state index < -0.39 is 0 Å². The van der Waals surface area contributed by atoms with Gasteiger partial charge in [0, 0.05) is 11.3 Å². The van der Waals surface area contributed by atoms with E-state index in [0.717, 1.165) is 28.3 Å². The number of aromatic nitrogens is 3. The van der Waals surface area contributed by atoms with Crippen LogP contribution in [0.25, 0.3) is 23.2 Å². The largest absolute Gasteiger partial charge is 0.494 e. The van der Waals surface area contributed by atoms with Crippen molar-refractivity contribution in [2.75, 3.05) is 12.4 Å². The molecule has 0 atom stereocenters. The summed E-state index contributed by atoms with van der Waals surface area (Å²) in [5.41, 5.74) is 5.19. The first-order valence-corrected chi connectivity index (χ1v) is 12.0. The number of carbonyl (C=O) groups excluding carboxylic acids is 1. The number of rotatable bonds is 10. The Morgan fingerprint density at radius 1 is 1.11 bits per heavy atom. The lowest BCUT2D eigenvalue weighted by Gasteiger charge is -2.11. The van der Waals surface area contributed by atoms with Crippen molar-refractivity contribution in [1.82, 2.24) is 20.2 Å². The smallest absolute Gasteiger partial charge is 0.250 e. The van der Waals surface area contributed by atoms with Crippen LogP contribution in [0.15, 0.2) is 93.2 Å². The Labute approximate surface area is 207 Å². The molecule has 1 amide bonds. The molecule has 8 nitrogen and oxygen atoms in total. The Morgan fingerprint density at radius 2 is 1.91 bits per heavy atom. The first-order valence-electron chi connectivity index (χ1n) is 11.0.